The van der Waals surface area contributed by atoms with Crippen molar-refractivity contribution in [3.8, 4) is 0 Å². The van der Waals surface area contributed by atoms with Gasteiger partial charge in [0.25, 0.3) is 0 Å². The molecular weight excluding hydrogens is 501 g/mol. The first kappa shape index (κ1) is 23.3. The minimum absolute atomic E-state index is 0.0365. The van der Waals surface area contributed by atoms with Crippen LogP contribution in [0.4, 0.5) is 17.3 Å². The second-order valence-corrected chi connectivity index (χ2v) is 11.1. The molecule has 1 aromatic heterocycles. The Kier molecular flexibility index (Phi) is 6.73. The van der Waals surface area contributed by atoms with Gasteiger partial charge >= 0.3 is 205 Å². The summed E-state index contributed by atoms with van der Waals surface area (Å²) in [6, 6.07) is 13.2. The number of anilines is 3. The van der Waals surface area contributed by atoms with Gasteiger partial charge in [0.2, 0.25) is 0 Å². The van der Waals surface area contributed by atoms with Crippen molar-refractivity contribution in [2.45, 2.75) is 37.3 Å². The Hall–Kier alpha value is -2.89. The van der Waals surface area contributed by atoms with Crippen molar-refractivity contribution in [3.05, 3.63) is 70.4 Å². The van der Waals surface area contributed by atoms with E-state index in [0.29, 0.717) is 28.2 Å². The Morgan fingerprint density at radius 2 is 2.06 bits per heavy atom. The molecule has 0 fully saturated rings. The number of amides is 2. The second kappa shape index (κ2) is 9.54. The molecule has 4 N–H and O–H groups in total. The molecule has 4 rings (SSSR count). The molecule has 0 saturated carbocycles. The summed E-state index contributed by atoms with van der Waals surface area (Å²) in [6.07, 6.45) is 2.86. The Bertz CT molecular complexity index is 1230. The molecule has 0 atom stereocenters. The van der Waals surface area contributed by atoms with E-state index in [9.17, 15) is 9.59 Å². The zero-order valence-corrected chi connectivity index (χ0v) is 21.0. The topological polar surface area (TPSA) is 110 Å². The molecule has 0 aliphatic carbocycles. The van der Waals surface area contributed by atoms with Crippen molar-refractivity contribution in [1.82, 2.24) is 9.97 Å². The number of hydrogen-bond acceptors (Lipinski definition) is 5. The molecule has 7 nitrogen and oxygen atoms in total. The summed E-state index contributed by atoms with van der Waals surface area (Å²) < 4.78 is 0.770. The van der Waals surface area contributed by atoms with Gasteiger partial charge in [-0.25, -0.2) is 0 Å². The summed E-state index contributed by atoms with van der Waals surface area (Å²) in [6.45, 7) is 4.28. The minimum atomic E-state index is -0.450. The SMILES string of the molecule is CC1(C)CCC(=O)Nc2ccc(Nc3ncc(Cl)c([As]Cc4ccccc4C(N)=O)n3)cc21. The molecule has 1 aliphatic heterocycles. The van der Waals surface area contributed by atoms with Crippen molar-refractivity contribution in [2.75, 3.05) is 10.6 Å². The van der Waals surface area contributed by atoms with Crippen LogP contribution in [-0.4, -0.2) is 37.5 Å². The summed E-state index contributed by atoms with van der Waals surface area (Å²) in [7, 11) is 0. The third-order valence-electron chi connectivity index (χ3n) is 5.66. The molecule has 2 amide bonds. The molecule has 0 unspecified atom stereocenters. The molecule has 0 spiro atoms. The fourth-order valence-electron chi connectivity index (χ4n) is 3.78. The van der Waals surface area contributed by atoms with Gasteiger partial charge in [-0.05, 0) is 0 Å². The zero-order valence-electron chi connectivity index (χ0n) is 18.4. The van der Waals surface area contributed by atoms with E-state index in [1.54, 1.807) is 18.3 Å². The summed E-state index contributed by atoms with van der Waals surface area (Å²) in [5.74, 6) is 0.0445. The number of nitrogens with one attached hydrogen (secondary N) is 2. The molecule has 9 heteroatoms. The van der Waals surface area contributed by atoms with Crippen LogP contribution in [0.25, 0.3) is 0 Å². The van der Waals surface area contributed by atoms with E-state index in [1.165, 1.54) is 0 Å². The maximum absolute atomic E-state index is 12.0. The van der Waals surface area contributed by atoms with E-state index in [2.05, 4.69) is 34.4 Å². The number of rotatable bonds is 6. The van der Waals surface area contributed by atoms with Crippen molar-refractivity contribution < 1.29 is 9.59 Å². The van der Waals surface area contributed by atoms with Crippen LogP contribution in [0.5, 0.6) is 0 Å². The van der Waals surface area contributed by atoms with Crippen LogP contribution in [-0.2, 0) is 15.4 Å². The molecule has 33 heavy (non-hydrogen) atoms. The first-order chi connectivity index (χ1) is 15.7. The molecule has 3 aromatic rings. The third-order valence-corrected chi connectivity index (χ3v) is 8.62. The number of aromatic nitrogens is 2. The Morgan fingerprint density at radius 3 is 2.85 bits per heavy atom. The fourth-order valence-corrected chi connectivity index (χ4v) is 6.22. The number of nitrogens with two attached hydrogens (primary N) is 1. The molecule has 0 bridgehead atoms. The van der Waals surface area contributed by atoms with Crippen LogP contribution < -0.4 is 20.8 Å². The number of carbonyl (C=O) groups is 2. The van der Waals surface area contributed by atoms with Gasteiger partial charge in [0.05, 0.1) is 0 Å². The third kappa shape index (κ3) is 5.37. The van der Waals surface area contributed by atoms with Crippen molar-refractivity contribution in [3.63, 3.8) is 0 Å². The Morgan fingerprint density at radius 1 is 1.27 bits per heavy atom. The number of carbonyl (C=O) groups excluding carboxylic acids is 2. The van der Waals surface area contributed by atoms with Gasteiger partial charge in [0, 0.05) is 0 Å². The van der Waals surface area contributed by atoms with E-state index in [-0.39, 0.29) is 11.3 Å². The molecule has 169 valence electrons. The standard InChI is InChI=1S/C24H24AsClN5O2/c1-24(2)10-9-20(32)30-19-8-7-15(11-17(19)24)29-23-28-13-18(26)21(31-23)25-12-14-5-3-4-6-16(14)22(27)33/h3-8,11,13H,9-10,12H2,1-2H3,(H2,27,33)(H,30,32)(H,28,29,31). The molecule has 2 heterocycles. The van der Waals surface area contributed by atoms with Gasteiger partial charge in [0.15, 0.2) is 0 Å². The van der Waals surface area contributed by atoms with E-state index in [1.807, 2.05) is 30.3 Å². The van der Waals surface area contributed by atoms with Crippen LogP contribution in [0, 0.1) is 0 Å². The second-order valence-electron chi connectivity index (χ2n) is 8.52. The Labute approximate surface area is 204 Å². The quantitative estimate of drug-likeness (QED) is 0.428. The number of nitrogens with zero attached hydrogens (tertiary/aromatic N) is 2. The molecule has 1 aliphatic rings. The number of benzene rings is 2. The van der Waals surface area contributed by atoms with Gasteiger partial charge in [-0.3, -0.25) is 0 Å². The summed E-state index contributed by atoms with van der Waals surface area (Å²) in [5.41, 5.74) is 9.51. The van der Waals surface area contributed by atoms with Crippen LogP contribution in [0.1, 0.15) is 48.2 Å². The van der Waals surface area contributed by atoms with Crippen molar-refractivity contribution in [2.24, 2.45) is 5.73 Å². The fraction of sp³-hybridized carbons (Fsp3) is 0.250. The number of halogens is 1. The maximum atomic E-state index is 12.0. The summed E-state index contributed by atoms with van der Waals surface area (Å²) in [4.78, 5) is 32.7. The van der Waals surface area contributed by atoms with E-state index in [0.717, 1.165) is 33.4 Å². The predicted octanol–water partition coefficient (Wildman–Crippen LogP) is 3.51. The first-order valence-corrected chi connectivity index (χ1v) is 13.2. The average Bonchev–Trinajstić information content (AvgIpc) is 2.90. The first-order valence-electron chi connectivity index (χ1n) is 10.5. The molecule has 0 saturated heterocycles. The zero-order chi connectivity index (χ0) is 23.6. The van der Waals surface area contributed by atoms with Crippen LogP contribution in [0.15, 0.2) is 48.7 Å². The monoisotopic (exact) mass is 524 g/mol. The Balaban J connectivity index is 1.55. The predicted molar refractivity (Wildman–Crippen MR) is 132 cm³/mol. The summed E-state index contributed by atoms with van der Waals surface area (Å²) >= 11 is 5.92. The number of primary amides is 1. The van der Waals surface area contributed by atoms with Gasteiger partial charge in [-0.2, -0.15) is 0 Å². The van der Waals surface area contributed by atoms with Crippen molar-refractivity contribution >= 4 is 61.0 Å². The number of hydrogen-bond donors (Lipinski definition) is 3. The normalized spacial score (nSPS) is 15.1. The van der Waals surface area contributed by atoms with Gasteiger partial charge in [-0.15, -0.1) is 0 Å². The van der Waals surface area contributed by atoms with Crippen LogP contribution in [0.3, 0.4) is 0 Å². The average molecular weight is 525 g/mol. The number of fused-ring (bicyclic) bond motifs is 1. The van der Waals surface area contributed by atoms with E-state index in [4.69, 9.17) is 17.3 Å². The van der Waals surface area contributed by atoms with Gasteiger partial charge in [0.1, 0.15) is 0 Å². The summed E-state index contributed by atoms with van der Waals surface area (Å²) in [5, 5.41) is 7.42. The van der Waals surface area contributed by atoms with Crippen LogP contribution >= 0.6 is 11.6 Å². The molecule has 1 radical (unpaired) electrons. The van der Waals surface area contributed by atoms with Gasteiger partial charge in [-0.1, -0.05) is 0 Å². The van der Waals surface area contributed by atoms with E-state index < -0.39 is 21.7 Å². The van der Waals surface area contributed by atoms with Gasteiger partial charge < -0.3 is 0 Å². The van der Waals surface area contributed by atoms with Crippen molar-refractivity contribution in [1.29, 1.82) is 0 Å². The van der Waals surface area contributed by atoms with E-state index >= 15 is 0 Å². The van der Waals surface area contributed by atoms with Crippen LogP contribution in [0.2, 0.25) is 5.02 Å². The molecular formula is C24H24AsClN5O2. The molecule has 2 aromatic carbocycles.